The van der Waals surface area contributed by atoms with Crippen LogP contribution in [0.2, 0.25) is 0 Å². The molecule has 0 spiro atoms. The van der Waals surface area contributed by atoms with E-state index in [0.29, 0.717) is 6.42 Å². The smallest absolute Gasteiger partial charge is 0.387 e. The molecule has 1 N–H and O–H groups in total. The number of aliphatic hydroxyl groups excluding tert-OH is 1. The summed E-state index contributed by atoms with van der Waals surface area (Å²) in [6.07, 6.45) is -5.03. The molecule has 2 fully saturated rings. The van der Waals surface area contributed by atoms with E-state index in [4.69, 9.17) is 4.74 Å². The predicted molar refractivity (Wildman–Crippen MR) is 67.0 cm³/mol. The zero-order chi connectivity index (χ0) is 15.3. The first kappa shape index (κ1) is 14.4. The Morgan fingerprint density at radius 2 is 2.05 bits per heavy atom. The van der Waals surface area contributed by atoms with Gasteiger partial charge in [0.15, 0.2) is 0 Å². The Morgan fingerprint density at radius 3 is 2.57 bits per heavy atom. The highest BCUT2D eigenvalue weighted by Gasteiger charge is 2.58. The Bertz CT molecular complexity index is 595. The van der Waals surface area contributed by atoms with E-state index in [9.17, 15) is 23.5 Å². The lowest BCUT2D eigenvalue weighted by Gasteiger charge is -2.34. The molecule has 0 aliphatic carbocycles. The third kappa shape index (κ3) is 2.12. The molecule has 2 saturated heterocycles. The SMILES string of the molecule is N#CC1(C(O)c2ccccc2C(F)(F)F)CC2CCC1O2. The molecule has 0 radical (unpaired) electrons. The van der Waals surface area contributed by atoms with E-state index in [1.165, 1.54) is 18.2 Å². The van der Waals surface area contributed by atoms with Crippen LogP contribution in [0.3, 0.4) is 0 Å². The van der Waals surface area contributed by atoms with E-state index < -0.39 is 29.4 Å². The van der Waals surface area contributed by atoms with Crippen molar-refractivity contribution in [3.63, 3.8) is 0 Å². The molecule has 2 aliphatic rings. The Hall–Kier alpha value is -1.58. The van der Waals surface area contributed by atoms with Crippen LogP contribution in [0.4, 0.5) is 13.2 Å². The van der Waals surface area contributed by atoms with Crippen LogP contribution in [0, 0.1) is 16.7 Å². The molecular formula is C15H14F3NO2. The van der Waals surface area contributed by atoms with Gasteiger partial charge in [0.2, 0.25) is 0 Å². The van der Waals surface area contributed by atoms with Gasteiger partial charge in [0.1, 0.15) is 11.5 Å². The molecule has 4 atom stereocenters. The molecule has 1 aromatic rings. The Labute approximate surface area is 120 Å². The van der Waals surface area contributed by atoms with Gasteiger partial charge in [0, 0.05) is 0 Å². The fourth-order valence-corrected chi connectivity index (χ4v) is 3.48. The summed E-state index contributed by atoms with van der Waals surface area (Å²) in [5, 5.41) is 20.0. The van der Waals surface area contributed by atoms with E-state index in [2.05, 4.69) is 0 Å². The van der Waals surface area contributed by atoms with Crippen molar-refractivity contribution in [2.45, 2.75) is 43.8 Å². The summed E-state index contributed by atoms with van der Waals surface area (Å²) in [7, 11) is 0. The van der Waals surface area contributed by atoms with E-state index in [0.717, 1.165) is 12.5 Å². The van der Waals surface area contributed by atoms with Crippen molar-refractivity contribution in [3.8, 4) is 6.07 Å². The largest absolute Gasteiger partial charge is 0.416 e. The molecule has 3 rings (SSSR count). The summed E-state index contributed by atoms with van der Waals surface area (Å²) in [6.45, 7) is 0. The number of aliphatic hydroxyl groups is 1. The summed E-state index contributed by atoms with van der Waals surface area (Å²) in [5.74, 6) is 0. The maximum absolute atomic E-state index is 13.1. The average Bonchev–Trinajstić information content (AvgIpc) is 3.06. The molecule has 21 heavy (non-hydrogen) atoms. The number of hydrogen-bond acceptors (Lipinski definition) is 3. The van der Waals surface area contributed by atoms with Crippen LogP contribution in [-0.2, 0) is 10.9 Å². The van der Waals surface area contributed by atoms with Crippen molar-refractivity contribution < 1.29 is 23.0 Å². The fourth-order valence-electron chi connectivity index (χ4n) is 3.48. The second kappa shape index (κ2) is 4.72. The number of ether oxygens (including phenoxy) is 1. The summed E-state index contributed by atoms with van der Waals surface area (Å²) in [4.78, 5) is 0. The molecule has 0 aromatic heterocycles. The quantitative estimate of drug-likeness (QED) is 0.912. The van der Waals surface area contributed by atoms with Crippen molar-refractivity contribution in [1.82, 2.24) is 0 Å². The highest BCUT2D eigenvalue weighted by Crippen LogP contribution is 2.55. The Morgan fingerprint density at radius 1 is 1.33 bits per heavy atom. The topological polar surface area (TPSA) is 53.2 Å². The van der Waals surface area contributed by atoms with Crippen molar-refractivity contribution in [1.29, 1.82) is 5.26 Å². The fraction of sp³-hybridized carbons (Fsp3) is 0.533. The molecule has 1 aromatic carbocycles. The number of alkyl halides is 3. The number of rotatable bonds is 2. The third-order valence-corrected chi connectivity index (χ3v) is 4.50. The van der Waals surface area contributed by atoms with Gasteiger partial charge in [-0.1, -0.05) is 18.2 Å². The number of nitriles is 1. The van der Waals surface area contributed by atoms with Gasteiger partial charge in [-0.15, -0.1) is 0 Å². The first-order valence-electron chi connectivity index (χ1n) is 6.79. The molecule has 6 heteroatoms. The lowest BCUT2D eigenvalue weighted by atomic mass is 9.69. The first-order valence-corrected chi connectivity index (χ1v) is 6.79. The molecule has 0 saturated carbocycles. The predicted octanol–water partition coefficient (Wildman–Crippen LogP) is 3.20. The van der Waals surface area contributed by atoms with Crippen molar-refractivity contribution >= 4 is 0 Å². The summed E-state index contributed by atoms with van der Waals surface area (Å²) in [5.41, 5.74) is -2.43. The lowest BCUT2D eigenvalue weighted by Crippen LogP contribution is -2.38. The van der Waals surface area contributed by atoms with Crippen molar-refractivity contribution in [3.05, 3.63) is 35.4 Å². The summed E-state index contributed by atoms with van der Waals surface area (Å²) < 4.78 is 44.8. The minimum absolute atomic E-state index is 0.137. The zero-order valence-electron chi connectivity index (χ0n) is 11.1. The molecule has 2 aliphatic heterocycles. The van der Waals surface area contributed by atoms with Crippen LogP contribution in [0.15, 0.2) is 24.3 Å². The average molecular weight is 297 g/mol. The molecular weight excluding hydrogens is 283 g/mol. The van der Waals surface area contributed by atoms with Gasteiger partial charge < -0.3 is 9.84 Å². The van der Waals surface area contributed by atoms with Crippen molar-refractivity contribution in [2.75, 3.05) is 0 Å². The first-order chi connectivity index (χ1) is 9.88. The molecule has 2 bridgehead atoms. The van der Waals surface area contributed by atoms with Crippen LogP contribution < -0.4 is 0 Å². The van der Waals surface area contributed by atoms with Gasteiger partial charge >= 0.3 is 6.18 Å². The van der Waals surface area contributed by atoms with E-state index in [1.807, 2.05) is 6.07 Å². The molecule has 4 unspecified atom stereocenters. The van der Waals surface area contributed by atoms with Gasteiger partial charge in [-0.2, -0.15) is 18.4 Å². The molecule has 0 amide bonds. The molecule has 112 valence electrons. The second-order valence-corrected chi connectivity index (χ2v) is 5.67. The minimum atomic E-state index is -4.56. The van der Waals surface area contributed by atoms with Crippen LogP contribution in [0.1, 0.15) is 36.5 Å². The Kier molecular flexibility index (Phi) is 3.23. The minimum Gasteiger partial charge on any atom is -0.387 e. The highest BCUT2D eigenvalue weighted by molar-refractivity contribution is 5.35. The number of benzene rings is 1. The van der Waals surface area contributed by atoms with Crippen LogP contribution in [0.5, 0.6) is 0 Å². The third-order valence-electron chi connectivity index (χ3n) is 4.50. The van der Waals surface area contributed by atoms with Crippen LogP contribution in [0.25, 0.3) is 0 Å². The van der Waals surface area contributed by atoms with Gasteiger partial charge in [-0.25, -0.2) is 0 Å². The van der Waals surface area contributed by atoms with Gasteiger partial charge in [-0.05, 0) is 30.9 Å². The lowest BCUT2D eigenvalue weighted by molar-refractivity contribution is -0.140. The number of fused-ring (bicyclic) bond motifs is 2. The van der Waals surface area contributed by atoms with Crippen LogP contribution in [-0.4, -0.2) is 17.3 Å². The normalized spacial score (nSPS) is 32.9. The number of nitrogens with zero attached hydrogens (tertiary/aromatic N) is 1. The Balaban J connectivity index is 2.03. The maximum Gasteiger partial charge on any atom is 0.416 e. The van der Waals surface area contributed by atoms with Crippen molar-refractivity contribution in [2.24, 2.45) is 5.41 Å². The number of hydrogen-bond donors (Lipinski definition) is 1. The molecule has 3 nitrogen and oxygen atoms in total. The second-order valence-electron chi connectivity index (χ2n) is 5.67. The standard InChI is InChI=1S/C15H14F3NO2/c16-15(17,18)11-4-2-1-3-10(11)13(20)14(8-19)7-9-5-6-12(14)21-9/h1-4,9,12-13,20H,5-7H2. The van der Waals surface area contributed by atoms with Crippen LogP contribution >= 0.6 is 0 Å². The summed E-state index contributed by atoms with van der Waals surface area (Å²) >= 11 is 0. The highest BCUT2D eigenvalue weighted by atomic mass is 19.4. The monoisotopic (exact) mass is 297 g/mol. The van der Waals surface area contributed by atoms with E-state index >= 15 is 0 Å². The van der Waals surface area contributed by atoms with E-state index in [-0.39, 0.29) is 18.1 Å². The maximum atomic E-state index is 13.1. The van der Waals surface area contributed by atoms with Gasteiger partial charge in [-0.3, -0.25) is 0 Å². The van der Waals surface area contributed by atoms with Gasteiger partial charge in [0.25, 0.3) is 0 Å². The molecule has 2 heterocycles. The van der Waals surface area contributed by atoms with Gasteiger partial charge in [0.05, 0.1) is 23.8 Å². The zero-order valence-corrected chi connectivity index (χ0v) is 11.1. The van der Waals surface area contributed by atoms with E-state index in [1.54, 1.807) is 0 Å². The number of halogens is 3. The summed E-state index contributed by atoms with van der Waals surface area (Å²) in [6, 6.07) is 6.92.